The lowest BCUT2D eigenvalue weighted by molar-refractivity contribution is -0.137. The van der Waals surface area contributed by atoms with Gasteiger partial charge in [-0.2, -0.15) is 13.2 Å². The number of halogens is 3. The number of hydrogen-bond acceptors (Lipinski definition) is 8. The molecule has 1 heterocycles. The van der Waals surface area contributed by atoms with Gasteiger partial charge in [-0.3, -0.25) is 14.2 Å². The van der Waals surface area contributed by atoms with E-state index >= 15 is 0 Å². The first kappa shape index (κ1) is 34.0. The van der Waals surface area contributed by atoms with Gasteiger partial charge in [-0.05, 0) is 80.1 Å². The van der Waals surface area contributed by atoms with Crippen molar-refractivity contribution in [2.45, 2.75) is 44.6 Å². The van der Waals surface area contributed by atoms with Crippen molar-refractivity contribution in [1.29, 1.82) is 0 Å². The summed E-state index contributed by atoms with van der Waals surface area (Å²) in [5.41, 5.74) is 0.345. The van der Waals surface area contributed by atoms with Gasteiger partial charge in [0.1, 0.15) is 5.75 Å². The van der Waals surface area contributed by atoms with Crippen molar-refractivity contribution in [2.24, 2.45) is 0 Å². The fraction of sp³-hybridized carbons (Fsp3) is 0.281. The summed E-state index contributed by atoms with van der Waals surface area (Å²) in [5.74, 6) is -0.707. The second kappa shape index (κ2) is 15.9. The van der Waals surface area contributed by atoms with Crippen LogP contribution in [0, 0.1) is 0 Å². The van der Waals surface area contributed by atoms with E-state index < -0.39 is 29.5 Å². The zero-order valence-electron chi connectivity index (χ0n) is 25.1. The number of anilines is 1. The SMILES string of the molecule is CCCCOc1ccc(C(=O)NCc2nnc(SCC(=O)Nc3ccc(C(=O)OCC)cc3)n2-c2cccc(C(F)(F)F)c2)cc1. The molecule has 0 saturated heterocycles. The minimum Gasteiger partial charge on any atom is -0.494 e. The third-order valence-electron chi connectivity index (χ3n) is 6.43. The Hall–Kier alpha value is -4.85. The van der Waals surface area contributed by atoms with Gasteiger partial charge >= 0.3 is 12.1 Å². The Balaban J connectivity index is 1.48. The minimum absolute atomic E-state index is 0.107. The molecule has 0 aliphatic rings. The molecular formula is C32H32F3N5O5S. The molecule has 242 valence electrons. The largest absolute Gasteiger partial charge is 0.494 e. The molecular weight excluding hydrogens is 623 g/mol. The Bertz CT molecular complexity index is 1640. The van der Waals surface area contributed by atoms with Crippen LogP contribution >= 0.6 is 11.8 Å². The molecule has 4 rings (SSSR count). The normalized spacial score (nSPS) is 11.2. The number of hydrogen-bond donors (Lipinski definition) is 2. The van der Waals surface area contributed by atoms with Gasteiger partial charge in [-0.1, -0.05) is 31.2 Å². The number of benzene rings is 3. The summed E-state index contributed by atoms with van der Waals surface area (Å²) in [6, 6.07) is 17.3. The standard InChI is InChI=1S/C32H32F3N5O5S/c1-3-5-17-45-26-15-11-21(12-16-26)29(42)36-19-27-38-39-31(40(27)25-8-6-7-23(18-25)32(33,34)35)46-20-28(41)37-24-13-9-22(10-14-24)30(43)44-4-2/h6-16,18H,3-5,17,19-20H2,1-2H3,(H,36,42)(H,37,41). The first-order chi connectivity index (χ1) is 22.1. The van der Waals surface area contributed by atoms with Crippen LogP contribution in [0.5, 0.6) is 5.75 Å². The van der Waals surface area contributed by atoms with E-state index in [2.05, 4.69) is 27.8 Å². The van der Waals surface area contributed by atoms with E-state index in [4.69, 9.17) is 9.47 Å². The Morgan fingerprint density at radius 3 is 2.33 bits per heavy atom. The number of carbonyl (C=O) groups is 3. The highest BCUT2D eigenvalue weighted by molar-refractivity contribution is 7.99. The number of amides is 2. The number of nitrogens with zero attached hydrogens (tertiary/aromatic N) is 3. The minimum atomic E-state index is -4.60. The zero-order valence-corrected chi connectivity index (χ0v) is 25.9. The van der Waals surface area contributed by atoms with Gasteiger partial charge in [0.15, 0.2) is 11.0 Å². The van der Waals surface area contributed by atoms with Gasteiger partial charge in [0.25, 0.3) is 5.91 Å². The molecule has 0 bridgehead atoms. The Kier molecular flexibility index (Phi) is 11.8. The van der Waals surface area contributed by atoms with Crippen LogP contribution in [-0.2, 0) is 22.3 Å². The molecule has 10 nitrogen and oxygen atoms in total. The summed E-state index contributed by atoms with van der Waals surface area (Å²) >= 11 is 0.954. The highest BCUT2D eigenvalue weighted by Gasteiger charge is 2.31. The molecule has 46 heavy (non-hydrogen) atoms. The number of nitrogens with one attached hydrogen (secondary N) is 2. The lowest BCUT2D eigenvalue weighted by Crippen LogP contribution is -2.24. The fourth-order valence-electron chi connectivity index (χ4n) is 4.12. The molecule has 0 aliphatic carbocycles. The number of thioether (sulfide) groups is 1. The van der Waals surface area contributed by atoms with Crippen molar-refractivity contribution < 1.29 is 37.0 Å². The lowest BCUT2D eigenvalue weighted by atomic mass is 10.2. The van der Waals surface area contributed by atoms with Gasteiger partial charge in [-0.15, -0.1) is 10.2 Å². The molecule has 14 heteroatoms. The number of ether oxygens (including phenoxy) is 2. The second-order valence-electron chi connectivity index (χ2n) is 9.83. The van der Waals surface area contributed by atoms with Crippen LogP contribution in [0.3, 0.4) is 0 Å². The van der Waals surface area contributed by atoms with Crippen molar-refractivity contribution in [3.05, 3.63) is 95.3 Å². The molecule has 0 atom stereocenters. The number of unbranched alkanes of at least 4 members (excludes halogenated alkanes) is 1. The van der Waals surface area contributed by atoms with Crippen LogP contribution in [0.4, 0.5) is 18.9 Å². The van der Waals surface area contributed by atoms with E-state index in [9.17, 15) is 27.6 Å². The summed E-state index contributed by atoms with van der Waals surface area (Å²) in [5, 5.41) is 13.8. The van der Waals surface area contributed by atoms with Crippen LogP contribution in [-0.4, -0.2) is 51.5 Å². The summed E-state index contributed by atoms with van der Waals surface area (Å²) in [4.78, 5) is 37.4. The van der Waals surface area contributed by atoms with E-state index in [-0.39, 0.29) is 35.6 Å². The molecule has 0 unspecified atom stereocenters. The molecule has 1 aromatic heterocycles. The van der Waals surface area contributed by atoms with Crippen LogP contribution in [0.2, 0.25) is 0 Å². The van der Waals surface area contributed by atoms with Crippen LogP contribution in [0.25, 0.3) is 5.69 Å². The van der Waals surface area contributed by atoms with Crippen molar-refractivity contribution in [2.75, 3.05) is 24.3 Å². The molecule has 0 spiro atoms. The van der Waals surface area contributed by atoms with E-state index in [0.717, 1.165) is 36.7 Å². The highest BCUT2D eigenvalue weighted by atomic mass is 32.2. The Morgan fingerprint density at radius 1 is 0.935 bits per heavy atom. The van der Waals surface area contributed by atoms with Gasteiger partial charge in [0.05, 0.1) is 42.3 Å². The number of alkyl halides is 3. The lowest BCUT2D eigenvalue weighted by Gasteiger charge is -2.14. The van der Waals surface area contributed by atoms with E-state index in [1.807, 2.05) is 0 Å². The first-order valence-corrected chi connectivity index (χ1v) is 15.4. The van der Waals surface area contributed by atoms with Crippen LogP contribution < -0.4 is 15.4 Å². The van der Waals surface area contributed by atoms with Crippen LogP contribution in [0.15, 0.2) is 78.0 Å². The predicted molar refractivity (Wildman–Crippen MR) is 166 cm³/mol. The maximum Gasteiger partial charge on any atom is 0.416 e. The third-order valence-corrected chi connectivity index (χ3v) is 7.36. The van der Waals surface area contributed by atoms with Crippen LogP contribution in [0.1, 0.15) is 58.8 Å². The molecule has 3 aromatic carbocycles. The number of esters is 1. The summed E-state index contributed by atoms with van der Waals surface area (Å²) < 4.78 is 52.6. The Morgan fingerprint density at radius 2 is 1.65 bits per heavy atom. The Labute approximate surface area is 267 Å². The third kappa shape index (κ3) is 9.33. The average Bonchev–Trinajstić information content (AvgIpc) is 3.46. The number of rotatable bonds is 14. The summed E-state index contributed by atoms with van der Waals surface area (Å²) in [6.07, 6.45) is -2.69. The molecule has 0 aliphatic heterocycles. The van der Waals surface area contributed by atoms with Crippen molar-refractivity contribution in [3.8, 4) is 11.4 Å². The molecule has 2 N–H and O–H groups in total. The van der Waals surface area contributed by atoms with Crippen molar-refractivity contribution in [1.82, 2.24) is 20.1 Å². The van der Waals surface area contributed by atoms with E-state index in [0.29, 0.717) is 29.2 Å². The van der Waals surface area contributed by atoms with Gasteiger partial charge in [0, 0.05) is 11.3 Å². The quantitative estimate of drug-likeness (QED) is 0.0922. The number of carbonyl (C=O) groups excluding carboxylic acids is 3. The highest BCUT2D eigenvalue weighted by Crippen LogP contribution is 2.32. The van der Waals surface area contributed by atoms with Crippen molar-refractivity contribution in [3.63, 3.8) is 0 Å². The van der Waals surface area contributed by atoms with E-state index in [1.165, 1.54) is 28.8 Å². The topological polar surface area (TPSA) is 124 Å². The average molecular weight is 656 g/mol. The maximum atomic E-state index is 13.5. The van der Waals surface area contributed by atoms with Gasteiger partial charge in [0.2, 0.25) is 5.91 Å². The summed E-state index contributed by atoms with van der Waals surface area (Å²) in [7, 11) is 0. The molecule has 4 aromatic rings. The second-order valence-corrected chi connectivity index (χ2v) is 10.8. The smallest absolute Gasteiger partial charge is 0.416 e. The predicted octanol–water partition coefficient (Wildman–Crippen LogP) is 6.30. The molecule has 0 saturated carbocycles. The first-order valence-electron chi connectivity index (χ1n) is 14.4. The monoisotopic (exact) mass is 655 g/mol. The zero-order chi connectivity index (χ0) is 33.1. The maximum absolute atomic E-state index is 13.5. The van der Waals surface area contributed by atoms with E-state index in [1.54, 1.807) is 43.3 Å². The molecule has 2 amide bonds. The van der Waals surface area contributed by atoms with Gasteiger partial charge < -0.3 is 20.1 Å². The van der Waals surface area contributed by atoms with Crippen molar-refractivity contribution >= 4 is 35.2 Å². The molecule has 0 radical (unpaired) electrons. The van der Waals surface area contributed by atoms with Gasteiger partial charge in [-0.25, -0.2) is 4.79 Å². The molecule has 0 fully saturated rings. The summed E-state index contributed by atoms with van der Waals surface area (Å²) in [6.45, 7) is 4.40. The number of aromatic nitrogens is 3. The fourth-order valence-corrected chi connectivity index (χ4v) is 4.89.